The van der Waals surface area contributed by atoms with Crippen molar-refractivity contribution >= 4 is 17.6 Å². The quantitative estimate of drug-likeness (QED) is 0.873. The Morgan fingerprint density at radius 3 is 3.00 bits per heavy atom. The van der Waals surface area contributed by atoms with Gasteiger partial charge in [-0.2, -0.15) is 0 Å². The highest BCUT2D eigenvalue weighted by Gasteiger charge is 2.26. The van der Waals surface area contributed by atoms with Gasteiger partial charge >= 0.3 is 6.03 Å². The number of amides is 3. The van der Waals surface area contributed by atoms with Gasteiger partial charge in [0, 0.05) is 32.7 Å². The third kappa shape index (κ3) is 3.96. The van der Waals surface area contributed by atoms with Crippen LogP contribution in [0.3, 0.4) is 0 Å². The standard InChI is InChI=1S/C17H23FN4O2/c18-14-4-1-2-5-15(14)21-9-6-13(11-21)10-20-17(24)22-8-3-7-19-16(23)12-22/h1-2,4-5,13H,3,6-12H2,(H,19,23)(H,20,24). The summed E-state index contributed by atoms with van der Waals surface area (Å²) in [6.45, 7) is 3.36. The Kier molecular flexibility index (Phi) is 5.17. The Hall–Kier alpha value is -2.31. The number of carbonyl (C=O) groups excluding carboxylic acids is 2. The Morgan fingerprint density at radius 1 is 1.33 bits per heavy atom. The van der Waals surface area contributed by atoms with Crippen molar-refractivity contribution in [3.63, 3.8) is 0 Å². The van der Waals surface area contributed by atoms with Crippen LogP contribution in [0.5, 0.6) is 0 Å². The van der Waals surface area contributed by atoms with Gasteiger partial charge in [-0.1, -0.05) is 12.1 Å². The van der Waals surface area contributed by atoms with Crippen molar-refractivity contribution in [1.29, 1.82) is 0 Å². The molecule has 3 rings (SSSR count). The van der Waals surface area contributed by atoms with E-state index in [4.69, 9.17) is 0 Å². The van der Waals surface area contributed by atoms with Gasteiger partial charge in [-0.25, -0.2) is 9.18 Å². The van der Waals surface area contributed by atoms with Crippen molar-refractivity contribution in [2.75, 3.05) is 44.2 Å². The highest BCUT2D eigenvalue weighted by molar-refractivity contribution is 5.84. The van der Waals surface area contributed by atoms with Crippen LogP contribution >= 0.6 is 0 Å². The number of nitrogens with one attached hydrogen (secondary N) is 2. The zero-order valence-corrected chi connectivity index (χ0v) is 13.6. The zero-order valence-electron chi connectivity index (χ0n) is 13.6. The lowest BCUT2D eigenvalue weighted by Crippen LogP contribution is -2.45. The molecule has 0 aromatic heterocycles. The molecule has 2 N–H and O–H groups in total. The Bertz CT molecular complexity index is 610. The molecule has 1 unspecified atom stereocenters. The summed E-state index contributed by atoms with van der Waals surface area (Å²) in [7, 11) is 0. The van der Waals surface area contributed by atoms with Crippen molar-refractivity contribution in [2.45, 2.75) is 12.8 Å². The lowest BCUT2D eigenvalue weighted by molar-refractivity contribution is -0.121. The molecule has 2 saturated heterocycles. The predicted octanol–water partition coefficient (Wildman–Crippen LogP) is 1.18. The van der Waals surface area contributed by atoms with Crippen LogP contribution in [0.4, 0.5) is 14.9 Å². The van der Waals surface area contributed by atoms with Gasteiger partial charge in [0.25, 0.3) is 0 Å². The van der Waals surface area contributed by atoms with E-state index in [1.807, 2.05) is 11.0 Å². The molecule has 1 aromatic rings. The molecule has 2 aliphatic heterocycles. The molecular weight excluding hydrogens is 311 g/mol. The van der Waals surface area contributed by atoms with Gasteiger partial charge in [0.05, 0.1) is 5.69 Å². The summed E-state index contributed by atoms with van der Waals surface area (Å²) in [6.07, 6.45) is 1.68. The number of para-hydroxylation sites is 1. The smallest absolute Gasteiger partial charge is 0.317 e. The van der Waals surface area contributed by atoms with Crippen LogP contribution in [0.15, 0.2) is 24.3 Å². The molecule has 1 aromatic carbocycles. The van der Waals surface area contributed by atoms with Crippen LogP contribution in [-0.2, 0) is 4.79 Å². The van der Waals surface area contributed by atoms with Gasteiger partial charge in [0.2, 0.25) is 5.91 Å². The number of benzene rings is 1. The minimum Gasteiger partial charge on any atom is -0.369 e. The molecule has 6 nitrogen and oxygen atoms in total. The molecule has 130 valence electrons. The second-order valence-electron chi connectivity index (χ2n) is 6.36. The predicted molar refractivity (Wildman–Crippen MR) is 89.3 cm³/mol. The van der Waals surface area contributed by atoms with Crippen molar-refractivity contribution in [3.8, 4) is 0 Å². The summed E-state index contributed by atoms with van der Waals surface area (Å²) in [5.41, 5.74) is 0.621. The molecule has 2 heterocycles. The van der Waals surface area contributed by atoms with Crippen molar-refractivity contribution in [3.05, 3.63) is 30.1 Å². The van der Waals surface area contributed by atoms with Gasteiger partial charge in [0.15, 0.2) is 0 Å². The Morgan fingerprint density at radius 2 is 2.17 bits per heavy atom. The highest BCUT2D eigenvalue weighted by atomic mass is 19.1. The molecular formula is C17H23FN4O2. The largest absolute Gasteiger partial charge is 0.369 e. The molecule has 24 heavy (non-hydrogen) atoms. The number of anilines is 1. The summed E-state index contributed by atoms with van der Waals surface area (Å²) < 4.78 is 13.8. The van der Waals surface area contributed by atoms with E-state index in [1.165, 1.54) is 6.07 Å². The van der Waals surface area contributed by atoms with Crippen molar-refractivity contribution < 1.29 is 14.0 Å². The number of halogens is 1. The fourth-order valence-electron chi connectivity index (χ4n) is 3.25. The molecule has 2 aliphatic rings. The maximum atomic E-state index is 13.8. The first kappa shape index (κ1) is 16.5. The normalized spacial score (nSPS) is 21.4. The third-order valence-corrected chi connectivity index (χ3v) is 4.57. The van der Waals surface area contributed by atoms with Crippen LogP contribution in [0, 0.1) is 11.7 Å². The number of hydrogen-bond donors (Lipinski definition) is 2. The van der Waals surface area contributed by atoms with Crippen molar-refractivity contribution in [2.24, 2.45) is 5.92 Å². The fourth-order valence-corrected chi connectivity index (χ4v) is 3.25. The second kappa shape index (κ2) is 7.51. The van der Waals surface area contributed by atoms with Crippen molar-refractivity contribution in [1.82, 2.24) is 15.5 Å². The summed E-state index contributed by atoms with van der Waals surface area (Å²) in [5, 5.41) is 5.67. The van der Waals surface area contributed by atoms with E-state index in [-0.39, 0.29) is 30.2 Å². The summed E-state index contributed by atoms with van der Waals surface area (Å²) >= 11 is 0. The van der Waals surface area contributed by atoms with E-state index < -0.39 is 0 Å². The lowest BCUT2D eigenvalue weighted by Gasteiger charge is -2.22. The number of hydrogen-bond acceptors (Lipinski definition) is 3. The van der Waals surface area contributed by atoms with E-state index in [1.54, 1.807) is 17.0 Å². The molecule has 0 bridgehead atoms. The van der Waals surface area contributed by atoms with Gasteiger partial charge in [0.1, 0.15) is 12.4 Å². The monoisotopic (exact) mass is 334 g/mol. The van der Waals surface area contributed by atoms with Gasteiger partial charge < -0.3 is 20.4 Å². The number of carbonyl (C=O) groups is 2. The summed E-state index contributed by atoms with van der Waals surface area (Å²) in [5.74, 6) is -0.0404. The molecule has 0 radical (unpaired) electrons. The van der Waals surface area contributed by atoms with Crippen LogP contribution in [0.1, 0.15) is 12.8 Å². The topological polar surface area (TPSA) is 64.7 Å². The average Bonchev–Trinajstić information content (AvgIpc) is 2.93. The van der Waals surface area contributed by atoms with Crippen LogP contribution in [0.2, 0.25) is 0 Å². The molecule has 0 spiro atoms. The minimum atomic E-state index is -0.210. The molecule has 0 saturated carbocycles. The van der Waals surface area contributed by atoms with Gasteiger partial charge in [-0.15, -0.1) is 0 Å². The fraction of sp³-hybridized carbons (Fsp3) is 0.529. The molecule has 7 heteroatoms. The maximum Gasteiger partial charge on any atom is 0.317 e. The molecule has 2 fully saturated rings. The van der Waals surface area contributed by atoms with E-state index >= 15 is 0 Å². The SMILES string of the molecule is O=C1CN(C(=O)NCC2CCN(c3ccccc3F)C2)CCCN1. The Balaban J connectivity index is 1.48. The number of nitrogens with zero attached hydrogens (tertiary/aromatic N) is 2. The van der Waals surface area contributed by atoms with E-state index in [2.05, 4.69) is 10.6 Å². The number of rotatable bonds is 3. The summed E-state index contributed by atoms with van der Waals surface area (Å²) in [4.78, 5) is 27.3. The van der Waals surface area contributed by atoms with E-state index in [9.17, 15) is 14.0 Å². The first-order valence-electron chi connectivity index (χ1n) is 8.42. The first-order chi connectivity index (χ1) is 11.6. The first-order valence-corrected chi connectivity index (χ1v) is 8.42. The Labute approximate surface area is 141 Å². The molecule has 1 atom stereocenters. The average molecular weight is 334 g/mol. The van der Waals surface area contributed by atoms with Crippen LogP contribution in [0.25, 0.3) is 0 Å². The zero-order chi connectivity index (χ0) is 16.9. The van der Waals surface area contributed by atoms with Gasteiger partial charge in [-0.05, 0) is 30.9 Å². The van der Waals surface area contributed by atoms with Crippen LogP contribution in [-0.4, -0.2) is 56.1 Å². The maximum absolute atomic E-state index is 13.8. The minimum absolute atomic E-state index is 0.109. The highest BCUT2D eigenvalue weighted by Crippen LogP contribution is 2.25. The lowest BCUT2D eigenvalue weighted by atomic mass is 10.1. The third-order valence-electron chi connectivity index (χ3n) is 4.57. The molecule has 0 aliphatic carbocycles. The molecule has 3 amide bonds. The summed E-state index contributed by atoms with van der Waals surface area (Å²) in [6, 6.07) is 6.57. The van der Waals surface area contributed by atoms with E-state index in [0.29, 0.717) is 25.3 Å². The second-order valence-corrected chi connectivity index (χ2v) is 6.36. The number of urea groups is 1. The van der Waals surface area contributed by atoms with E-state index in [0.717, 1.165) is 25.9 Å². The van der Waals surface area contributed by atoms with Gasteiger partial charge in [-0.3, -0.25) is 4.79 Å². The van der Waals surface area contributed by atoms with Crippen LogP contribution < -0.4 is 15.5 Å².